The standard InChI is InChI=1S/C12H15ClO2/c1-3-15-11-4-5-12(9(2)8-14)10(6-11)7-13/h4-6,8-9H,3,7H2,1-2H3. The maximum Gasteiger partial charge on any atom is 0.127 e. The topological polar surface area (TPSA) is 26.3 Å². The van der Waals surface area contributed by atoms with Crippen LogP contribution in [0.3, 0.4) is 0 Å². The summed E-state index contributed by atoms with van der Waals surface area (Å²) in [6.07, 6.45) is 0.922. The van der Waals surface area contributed by atoms with Crippen molar-refractivity contribution in [2.24, 2.45) is 0 Å². The van der Waals surface area contributed by atoms with Gasteiger partial charge in [0.1, 0.15) is 12.0 Å². The molecule has 0 aromatic heterocycles. The molecule has 0 saturated heterocycles. The monoisotopic (exact) mass is 226 g/mol. The van der Waals surface area contributed by atoms with E-state index in [1.54, 1.807) is 0 Å². The molecule has 1 unspecified atom stereocenters. The second-order valence-electron chi connectivity index (χ2n) is 3.35. The molecule has 0 aliphatic heterocycles. The van der Waals surface area contributed by atoms with Crippen molar-refractivity contribution in [1.29, 1.82) is 0 Å². The van der Waals surface area contributed by atoms with Crippen LogP contribution >= 0.6 is 11.6 Å². The lowest BCUT2D eigenvalue weighted by molar-refractivity contribution is -0.108. The van der Waals surface area contributed by atoms with Gasteiger partial charge in [0.05, 0.1) is 6.61 Å². The molecule has 1 atom stereocenters. The quantitative estimate of drug-likeness (QED) is 0.570. The van der Waals surface area contributed by atoms with Crippen molar-refractivity contribution in [2.45, 2.75) is 25.6 Å². The molecule has 0 bridgehead atoms. The average Bonchev–Trinajstić information content (AvgIpc) is 2.28. The van der Waals surface area contributed by atoms with Crippen LogP contribution in [-0.4, -0.2) is 12.9 Å². The van der Waals surface area contributed by atoms with Crippen LogP contribution in [0.4, 0.5) is 0 Å². The third-order valence-corrected chi connectivity index (χ3v) is 2.55. The Morgan fingerprint density at radius 1 is 1.53 bits per heavy atom. The van der Waals surface area contributed by atoms with Gasteiger partial charge in [0.25, 0.3) is 0 Å². The molecule has 3 heteroatoms. The Bertz CT molecular complexity index is 336. The van der Waals surface area contributed by atoms with E-state index in [-0.39, 0.29) is 5.92 Å². The van der Waals surface area contributed by atoms with E-state index in [0.29, 0.717) is 12.5 Å². The summed E-state index contributed by atoms with van der Waals surface area (Å²) < 4.78 is 5.37. The summed E-state index contributed by atoms with van der Waals surface area (Å²) in [5, 5.41) is 0. The van der Waals surface area contributed by atoms with E-state index in [4.69, 9.17) is 16.3 Å². The minimum absolute atomic E-state index is 0.116. The Balaban J connectivity index is 3.03. The Morgan fingerprint density at radius 2 is 2.27 bits per heavy atom. The number of hydrogen-bond donors (Lipinski definition) is 0. The molecule has 1 aromatic rings. The average molecular weight is 227 g/mol. The van der Waals surface area contributed by atoms with Gasteiger partial charge in [-0.25, -0.2) is 0 Å². The fraction of sp³-hybridized carbons (Fsp3) is 0.417. The highest BCUT2D eigenvalue weighted by Crippen LogP contribution is 2.24. The third kappa shape index (κ3) is 2.96. The first-order valence-electron chi connectivity index (χ1n) is 4.99. The number of aldehydes is 1. The molecule has 0 radical (unpaired) electrons. The van der Waals surface area contributed by atoms with Crippen molar-refractivity contribution in [3.8, 4) is 5.75 Å². The highest BCUT2D eigenvalue weighted by molar-refractivity contribution is 6.17. The number of rotatable bonds is 5. The van der Waals surface area contributed by atoms with Crippen LogP contribution in [0.25, 0.3) is 0 Å². The van der Waals surface area contributed by atoms with Crippen molar-refractivity contribution < 1.29 is 9.53 Å². The van der Waals surface area contributed by atoms with Crippen LogP contribution in [0.5, 0.6) is 5.75 Å². The predicted molar refractivity (Wildman–Crippen MR) is 61.6 cm³/mol. The number of alkyl halides is 1. The molecule has 0 aliphatic carbocycles. The van der Waals surface area contributed by atoms with E-state index < -0.39 is 0 Å². The number of benzene rings is 1. The van der Waals surface area contributed by atoms with Gasteiger partial charge in [-0.2, -0.15) is 0 Å². The maximum absolute atomic E-state index is 10.7. The van der Waals surface area contributed by atoms with Gasteiger partial charge in [0.15, 0.2) is 0 Å². The summed E-state index contributed by atoms with van der Waals surface area (Å²) in [4.78, 5) is 10.7. The number of carbonyl (C=O) groups is 1. The lowest BCUT2D eigenvalue weighted by Crippen LogP contribution is -2.00. The Hall–Kier alpha value is -1.02. The Morgan fingerprint density at radius 3 is 2.80 bits per heavy atom. The van der Waals surface area contributed by atoms with Gasteiger partial charge in [-0.15, -0.1) is 11.6 Å². The summed E-state index contributed by atoms with van der Waals surface area (Å²) in [5.41, 5.74) is 1.94. The van der Waals surface area contributed by atoms with Crippen LogP contribution in [0, 0.1) is 0 Å². The molecule has 82 valence electrons. The zero-order valence-electron chi connectivity index (χ0n) is 9.00. The first-order chi connectivity index (χ1) is 7.22. The van der Waals surface area contributed by atoms with Crippen molar-refractivity contribution in [3.63, 3.8) is 0 Å². The third-order valence-electron chi connectivity index (χ3n) is 2.26. The number of carbonyl (C=O) groups excluding carboxylic acids is 1. The maximum atomic E-state index is 10.7. The zero-order chi connectivity index (χ0) is 11.3. The highest BCUT2D eigenvalue weighted by atomic mass is 35.5. The fourth-order valence-electron chi connectivity index (χ4n) is 1.47. The molecule has 0 amide bonds. The number of hydrogen-bond acceptors (Lipinski definition) is 2. The van der Waals surface area contributed by atoms with Crippen LogP contribution < -0.4 is 4.74 Å². The first-order valence-corrected chi connectivity index (χ1v) is 5.53. The summed E-state index contributed by atoms with van der Waals surface area (Å²) in [5.74, 6) is 1.08. The molecule has 0 saturated carbocycles. The summed E-state index contributed by atoms with van der Waals surface area (Å²) in [6.45, 7) is 4.42. The Kier molecular flexibility index (Phi) is 4.63. The molecule has 0 spiro atoms. The minimum atomic E-state index is -0.116. The van der Waals surface area contributed by atoms with Gasteiger partial charge in [-0.3, -0.25) is 0 Å². The van der Waals surface area contributed by atoms with Crippen LogP contribution in [0.15, 0.2) is 18.2 Å². The van der Waals surface area contributed by atoms with Gasteiger partial charge in [0.2, 0.25) is 0 Å². The van der Waals surface area contributed by atoms with E-state index in [9.17, 15) is 4.79 Å². The molecule has 0 N–H and O–H groups in total. The minimum Gasteiger partial charge on any atom is -0.494 e. The van der Waals surface area contributed by atoms with Gasteiger partial charge in [-0.1, -0.05) is 13.0 Å². The van der Waals surface area contributed by atoms with Crippen LogP contribution in [0.2, 0.25) is 0 Å². The molecule has 1 rings (SSSR count). The molecular formula is C12H15ClO2. The van der Waals surface area contributed by atoms with Gasteiger partial charge >= 0.3 is 0 Å². The highest BCUT2D eigenvalue weighted by Gasteiger charge is 2.10. The summed E-state index contributed by atoms with van der Waals surface area (Å²) in [7, 11) is 0. The van der Waals surface area contributed by atoms with E-state index in [2.05, 4.69) is 0 Å². The second-order valence-corrected chi connectivity index (χ2v) is 3.62. The fourth-order valence-corrected chi connectivity index (χ4v) is 1.70. The smallest absolute Gasteiger partial charge is 0.127 e. The number of halogens is 1. The lowest BCUT2D eigenvalue weighted by Gasteiger charge is -2.12. The number of ether oxygens (including phenoxy) is 1. The molecule has 15 heavy (non-hydrogen) atoms. The molecule has 2 nitrogen and oxygen atoms in total. The van der Waals surface area contributed by atoms with E-state index in [1.807, 2.05) is 32.0 Å². The van der Waals surface area contributed by atoms with Gasteiger partial charge in [0, 0.05) is 11.8 Å². The SMILES string of the molecule is CCOc1ccc(C(C)C=O)c(CCl)c1. The van der Waals surface area contributed by atoms with Crippen molar-refractivity contribution in [2.75, 3.05) is 6.61 Å². The first kappa shape index (κ1) is 12.1. The molecule has 1 aromatic carbocycles. The van der Waals surface area contributed by atoms with E-state index in [1.165, 1.54) is 0 Å². The summed E-state index contributed by atoms with van der Waals surface area (Å²) >= 11 is 5.83. The van der Waals surface area contributed by atoms with Gasteiger partial charge in [-0.05, 0) is 30.2 Å². The molecule has 0 heterocycles. The predicted octanol–water partition coefficient (Wildman–Crippen LogP) is 3.13. The van der Waals surface area contributed by atoms with E-state index >= 15 is 0 Å². The second kappa shape index (κ2) is 5.76. The van der Waals surface area contributed by atoms with Crippen molar-refractivity contribution in [1.82, 2.24) is 0 Å². The zero-order valence-corrected chi connectivity index (χ0v) is 9.75. The Labute approximate surface area is 95.2 Å². The van der Waals surface area contributed by atoms with Crippen LogP contribution in [0.1, 0.15) is 30.9 Å². The molecule has 0 fully saturated rings. The van der Waals surface area contributed by atoms with Gasteiger partial charge < -0.3 is 9.53 Å². The summed E-state index contributed by atoms with van der Waals surface area (Å²) in [6, 6.07) is 5.67. The largest absolute Gasteiger partial charge is 0.494 e. The van der Waals surface area contributed by atoms with Crippen molar-refractivity contribution >= 4 is 17.9 Å². The molecular weight excluding hydrogens is 212 g/mol. The van der Waals surface area contributed by atoms with E-state index in [0.717, 1.165) is 23.2 Å². The van der Waals surface area contributed by atoms with Crippen LogP contribution in [-0.2, 0) is 10.7 Å². The lowest BCUT2D eigenvalue weighted by atomic mass is 9.97. The normalized spacial score (nSPS) is 12.2. The molecule has 0 aliphatic rings. The van der Waals surface area contributed by atoms with Crippen molar-refractivity contribution in [3.05, 3.63) is 29.3 Å².